The van der Waals surface area contributed by atoms with Crippen LogP contribution in [-0.4, -0.2) is 5.91 Å². The predicted molar refractivity (Wildman–Crippen MR) is 80.6 cm³/mol. The smallest absolute Gasteiger partial charge is 0.255 e. The number of hydrogen-bond acceptors (Lipinski definition) is 2. The van der Waals surface area contributed by atoms with E-state index in [0.29, 0.717) is 11.3 Å². The molecular weight excluding hydrogens is 360 g/mol. The molecule has 2 aromatic carbocycles. The van der Waals surface area contributed by atoms with Crippen LogP contribution in [0.15, 0.2) is 51.4 Å². The van der Waals surface area contributed by atoms with Gasteiger partial charge in [0.05, 0.1) is 5.69 Å². The Labute approximate surface area is 122 Å². The maximum atomic E-state index is 12.0. The average Bonchev–Trinajstić information content (AvgIpc) is 2.33. The van der Waals surface area contributed by atoms with E-state index >= 15 is 0 Å². The van der Waals surface area contributed by atoms with Crippen molar-refractivity contribution in [3.63, 3.8) is 0 Å². The molecule has 18 heavy (non-hydrogen) atoms. The van der Waals surface area contributed by atoms with Crippen molar-refractivity contribution in [2.75, 3.05) is 11.1 Å². The first-order valence-corrected chi connectivity index (χ1v) is 6.77. The molecule has 3 N–H and O–H groups in total. The van der Waals surface area contributed by atoms with Crippen molar-refractivity contribution in [1.82, 2.24) is 0 Å². The van der Waals surface area contributed by atoms with Gasteiger partial charge in [0.15, 0.2) is 0 Å². The van der Waals surface area contributed by atoms with Crippen LogP contribution >= 0.6 is 31.9 Å². The minimum atomic E-state index is -0.168. The minimum absolute atomic E-state index is 0.168. The lowest BCUT2D eigenvalue weighted by atomic mass is 10.2. The van der Waals surface area contributed by atoms with Gasteiger partial charge in [0, 0.05) is 20.2 Å². The van der Waals surface area contributed by atoms with Crippen molar-refractivity contribution in [3.05, 3.63) is 57.0 Å². The zero-order valence-electron chi connectivity index (χ0n) is 9.28. The number of benzene rings is 2. The van der Waals surface area contributed by atoms with Crippen molar-refractivity contribution in [2.24, 2.45) is 0 Å². The summed E-state index contributed by atoms with van der Waals surface area (Å²) in [5.41, 5.74) is 7.50. The summed E-state index contributed by atoms with van der Waals surface area (Å²) >= 11 is 6.75. The minimum Gasteiger partial charge on any atom is -0.399 e. The van der Waals surface area contributed by atoms with Crippen molar-refractivity contribution in [2.45, 2.75) is 0 Å². The lowest BCUT2D eigenvalue weighted by molar-refractivity contribution is 0.102. The summed E-state index contributed by atoms with van der Waals surface area (Å²) < 4.78 is 1.76. The highest BCUT2D eigenvalue weighted by Crippen LogP contribution is 2.26. The molecule has 1 amide bonds. The number of nitrogens with two attached hydrogens (primary N) is 1. The molecule has 0 atom stereocenters. The van der Waals surface area contributed by atoms with Crippen LogP contribution in [0.3, 0.4) is 0 Å². The molecule has 2 rings (SSSR count). The van der Waals surface area contributed by atoms with E-state index in [-0.39, 0.29) is 5.91 Å². The number of carbonyl (C=O) groups is 1. The van der Waals surface area contributed by atoms with E-state index in [0.717, 1.165) is 14.6 Å². The maximum absolute atomic E-state index is 12.0. The molecule has 0 aliphatic rings. The second-order valence-corrected chi connectivity index (χ2v) is 5.47. The SMILES string of the molecule is Nc1ccc(C(=O)Nc2ccc(Br)cc2Br)cc1. The highest BCUT2D eigenvalue weighted by molar-refractivity contribution is 9.11. The molecule has 0 aliphatic carbocycles. The Morgan fingerprint density at radius 2 is 1.72 bits per heavy atom. The first-order chi connectivity index (χ1) is 8.56. The van der Waals surface area contributed by atoms with Crippen LogP contribution in [0.25, 0.3) is 0 Å². The summed E-state index contributed by atoms with van der Waals surface area (Å²) in [6.45, 7) is 0. The Morgan fingerprint density at radius 3 is 2.33 bits per heavy atom. The second kappa shape index (κ2) is 5.54. The van der Waals surface area contributed by atoms with Crippen LogP contribution in [0.5, 0.6) is 0 Å². The molecular formula is C13H10Br2N2O. The summed E-state index contributed by atoms with van der Waals surface area (Å²) in [5, 5.41) is 2.83. The normalized spacial score (nSPS) is 10.1. The third-order valence-electron chi connectivity index (χ3n) is 2.35. The van der Waals surface area contributed by atoms with Gasteiger partial charge < -0.3 is 11.1 Å². The van der Waals surface area contributed by atoms with Crippen molar-refractivity contribution in [1.29, 1.82) is 0 Å². The molecule has 5 heteroatoms. The second-order valence-electron chi connectivity index (χ2n) is 3.70. The number of nitrogen functional groups attached to an aromatic ring is 1. The molecule has 3 nitrogen and oxygen atoms in total. The number of anilines is 2. The fraction of sp³-hybridized carbons (Fsp3) is 0. The van der Waals surface area contributed by atoms with Gasteiger partial charge >= 0.3 is 0 Å². The highest BCUT2D eigenvalue weighted by Gasteiger charge is 2.08. The molecule has 0 heterocycles. The van der Waals surface area contributed by atoms with E-state index in [1.54, 1.807) is 24.3 Å². The van der Waals surface area contributed by atoms with Crippen LogP contribution in [0.4, 0.5) is 11.4 Å². The van der Waals surface area contributed by atoms with Crippen molar-refractivity contribution < 1.29 is 4.79 Å². The number of hydrogen-bond donors (Lipinski definition) is 2. The Hall–Kier alpha value is -1.33. The fourth-order valence-electron chi connectivity index (χ4n) is 1.42. The van der Waals surface area contributed by atoms with Gasteiger partial charge in [0.2, 0.25) is 0 Å². The van der Waals surface area contributed by atoms with Gasteiger partial charge in [-0.05, 0) is 58.4 Å². The fourth-order valence-corrected chi connectivity index (χ4v) is 2.57. The van der Waals surface area contributed by atoms with Crippen LogP contribution in [0.1, 0.15) is 10.4 Å². The van der Waals surface area contributed by atoms with Crippen LogP contribution in [-0.2, 0) is 0 Å². The summed E-state index contributed by atoms with van der Waals surface area (Å²) in [6, 6.07) is 12.3. The van der Waals surface area contributed by atoms with Gasteiger partial charge in [-0.3, -0.25) is 4.79 Å². The molecule has 0 radical (unpaired) electrons. The number of amides is 1. The number of halogens is 2. The summed E-state index contributed by atoms with van der Waals surface area (Å²) in [5.74, 6) is -0.168. The Kier molecular flexibility index (Phi) is 4.04. The molecule has 0 saturated heterocycles. The summed E-state index contributed by atoms with van der Waals surface area (Å²) in [7, 11) is 0. The Morgan fingerprint density at radius 1 is 1.06 bits per heavy atom. The molecule has 0 aromatic heterocycles. The monoisotopic (exact) mass is 368 g/mol. The van der Waals surface area contributed by atoms with Gasteiger partial charge in [-0.2, -0.15) is 0 Å². The largest absolute Gasteiger partial charge is 0.399 e. The molecule has 2 aromatic rings. The first-order valence-electron chi connectivity index (χ1n) is 5.18. The molecule has 0 aliphatic heterocycles. The standard InChI is InChI=1S/C13H10Br2N2O/c14-9-3-6-12(11(15)7-9)17-13(18)8-1-4-10(16)5-2-8/h1-7H,16H2,(H,17,18). The first kappa shape index (κ1) is 13.1. The number of rotatable bonds is 2. The van der Waals surface area contributed by atoms with Crippen molar-refractivity contribution in [3.8, 4) is 0 Å². The molecule has 0 fully saturated rings. The zero-order chi connectivity index (χ0) is 13.1. The Balaban J connectivity index is 2.18. The van der Waals surface area contributed by atoms with Gasteiger partial charge in [-0.15, -0.1) is 0 Å². The van der Waals surface area contributed by atoms with Gasteiger partial charge in [-0.1, -0.05) is 15.9 Å². The number of nitrogens with one attached hydrogen (secondary N) is 1. The van der Waals surface area contributed by atoms with Gasteiger partial charge in [0.25, 0.3) is 5.91 Å². The summed E-state index contributed by atoms with van der Waals surface area (Å²) in [6.07, 6.45) is 0. The third-order valence-corrected chi connectivity index (χ3v) is 3.50. The highest BCUT2D eigenvalue weighted by atomic mass is 79.9. The lowest BCUT2D eigenvalue weighted by Crippen LogP contribution is -2.12. The lowest BCUT2D eigenvalue weighted by Gasteiger charge is -2.08. The van der Waals surface area contributed by atoms with Crippen LogP contribution in [0, 0.1) is 0 Å². The predicted octanol–water partition coefficient (Wildman–Crippen LogP) is 4.05. The van der Waals surface area contributed by atoms with Crippen LogP contribution in [0.2, 0.25) is 0 Å². The van der Waals surface area contributed by atoms with Crippen molar-refractivity contribution >= 4 is 49.1 Å². The van der Waals surface area contributed by atoms with Gasteiger partial charge in [0.1, 0.15) is 0 Å². The third kappa shape index (κ3) is 3.11. The van der Waals surface area contributed by atoms with E-state index in [1.807, 2.05) is 18.2 Å². The summed E-state index contributed by atoms with van der Waals surface area (Å²) in [4.78, 5) is 12.0. The molecule has 0 saturated carbocycles. The topological polar surface area (TPSA) is 55.1 Å². The zero-order valence-corrected chi connectivity index (χ0v) is 12.5. The van der Waals surface area contributed by atoms with E-state index in [2.05, 4.69) is 37.2 Å². The van der Waals surface area contributed by atoms with Crippen LogP contribution < -0.4 is 11.1 Å². The molecule has 0 bridgehead atoms. The van der Waals surface area contributed by atoms with Gasteiger partial charge in [-0.25, -0.2) is 0 Å². The molecule has 0 unspecified atom stereocenters. The van der Waals surface area contributed by atoms with E-state index in [9.17, 15) is 4.79 Å². The Bertz CT molecular complexity index is 582. The average molecular weight is 370 g/mol. The number of carbonyl (C=O) groups excluding carboxylic acids is 1. The van der Waals surface area contributed by atoms with E-state index in [1.165, 1.54) is 0 Å². The maximum Gasteiger partial charge on any atom is 0.255 e. The molecule has 0 spiro atoms. The van der Waals surface area contributed by atoms with E-state index < -0.39 is 0 Å². The van der Waals surface area contributed by atoms with E-state index in [4.69, 9.17) is 5.73 Å². The molecule has 92 valence electrons. The quantitative estimate of drug-likeness (QED) is 0.784.